The van der Waals surface area contributed by atoms with Crippen LogP contribution in [0.4, 0.5) is 0 Å². The molecule has 3 N–H and O–H groups in total. The van der Waals surface area contributed by atoms with E-state index in [2.05, 4.69) is 10.6 Å². The first-order valence-corrected chi connectivity index (χ1v) is 11.1. The number of rotatable bonds is 9. The number of nitrogens with one attached hydrogen (secondary N) is 2. The van der Waals surface area contributed by atoms with Crippen LogP contribution in [0.3, 0.4) is 0 Å². The van der Waals surface area contributed by atoms with Crippen LogP contribution in [0.15, 0.2) is 54.6 Å². The molecule has 3 rings (SSSR count). The minimum absolute atomic E-state index is 0.325. The Morgan fingerprint density at radius 2 is 1.58 bits per heavy atom. The van der Waals surface area contributed by atoms with Gasteiger partial charge < -0.3 is 10.5 Å². The van der Waals surface area contributed by atoms with Crippen molar-refractivity contribution in [1.82, 2.24) is 15.5 Å². The maximum Gasteiger partial charge on any atom is 0.281 e. The molecule has 3 amide bonds. The number of unbranched alkanes of at least 4 members (excludes halogenated alkanes) is 1. The predicted molar refractivity (Wildman–Crippen MR) is 124 cm³/mol. The van der Waals surface area contributed by atoms with Crippen LogP contribution in [-0.2, 0) is 11.3 Å². The molecule has 33 heavy (non-hydrogen) atoms. The molecular weight excluding hydrogens is 420 g/mol. The number of nitrogens with zero attached hydrogens (tertiary/aromatic N) is 2. The van der Waals surface area contributed by atoms with Gasteiger partial charge in [0.15, 0.2) is 6.54 Å². The van der Waals surface area contributed by atoms with E-state index in [-0.39, 0.29) is 5.91 Å². The van der Waals surface area contributed by atoms with Crippen LogP contribution >= 0.6 is 0 Å². The predicted octanol–water partition coefficient (Wildman–Crippen LogP) is 2.57. The highest BCUT2D eigenvalue weighted by atomic mass is 16.5. The second kappa shape index (κ2) is 10.3. The van der Waals surface area contributed by atoms with Gasteiger partial charge in [0.25, 0.3) is 17.6 Å². The van der Waals surface area contributed by atoms with Crippen molar-refractivity contribution < 1.29 is 24.3 Å². The van der Waals surface area contributed by atoms with Crippen LogP contribution in [0.1, 0.15) is 59.4 Å². The SMILES string of the molecule is CNC(=O)C(C)(CCCCNC(C)=[N+](O)Cc1ccccc1)N1C(=O)c2ccccc2C1=O. The highest BCUT2D eigenvalue weighted by Gasteiger charge is 2.49. The molecule has 2 aromatic rings. The number of hydrogen-bond donors (Lipinski definition) is 3. The number of likely N-dealkylation sites (N-methyl/N-ethyl adjacent to an activating group) is 1. The number of amidine groups is 1. The summed E-state index contributed by atoms with van der Waals surface area (Å²) in [5.74, 6) is -0.646. The lowest BCUT2D eigenvalue weighted by molar-refractivity contribution is -0.788. The zero-order valence-electron chi connectivity index (χ0n) is 19.3. The third-order valence-electron chi connectivity index (χ3n) is 6.04. The van der Waals surface area contributed by atoms with Crippen molar-refractivity contribution in [3.05, 3.63) is 71.3 Å². The summed E-state index contributed by atoms with van der Waals surface area (Å²) in [6, 6.07) is 16.3. The van der Waals surface area contributed by atoms with Crippen LogP contribution in [0.2, 0.25) is 0 Å². The van der Waals surface area contributed by atoms with Gasteiger partial charge in [-0.3, -0.25) is 24.6 Å². The number of imide groups is 1. The molecule has 1 heterocycles. The molecule has 2 aromatic carbocycles. The summed E-state index contributed by atoms with van der Waals surface area (Å²) >= 11 is 0. The van der Waals surface area contributed by atoms with E-state index in [0.29, 0.717) is 49.3 Å². The van der Waals surface area contributed by atoms with Crippen LogP contribution in [0.25, 0.3) is 0 Å². The molecule has 0 fully saturated rings. The Labute approximate surface area is 193 Å². The molecule has 8 nitrogen and oxygen atoms in total. The summed E-state index contributed by atoms with van der Waals surface area (Å²) in [4.78, 5) is 39.8. The summed E-state index contributed by atoms with van der Waals surface area (Å²) in [5.41, 5.74) is 0.345. The largest absolute Gasteiger partial charge is 0.357 e. The Morgan fingerprint density at radius 1 is 1.00 bits per heavy atom. The van der Waals surface area contributed by atoms with Crippen LogP contribution in [-0.4, -0.2) is 57.5 Å². The monoisotopic (exact) mass is 451 g/mol. The van der Waals surface area contributed by atoms with Crippen molar-refractivity contribution >= 4 is 23.6 Å². The fourth-order valence-electron chi connectivity index (χ4n) is 4.06. The lowest BCUT2D eigenvalue weighted by atomic mass is 9.91. The maximum atomic E-state index is 13.0. The highest BCUT2D eigenvalue weighted by molar-refractivity contribution is 6.23. The van der Waals surface area contributed by atoms with E-state index in [1.807, 2.05) is 30.3 Å². The van der Waals surface area contributed by atoms with Gasteiger partial charge in [-0.15, -0.1) is 0 Å². The number of benzene rings is 2. The summed E-state index contributed by atoms with van der Waals surface area (Å²) in [6.07, 6.45) is 1.61. The average Bonchev–Trinajstić information content (AvgIpc) is 3.09. The molecular formula is C25H31N4O4+. The van der Waals surface area contributed by atoms with Crippen molar-refractivity contribution in [3.63, 3.8) is 0 Å². The highest BCUT2D eigenvalue weighted by Crippen LogP contribution is 2.32. The summed E-state index contributed by atoms with van der Waals surface area (Å²) in [5, 5.41) is 16.0. The fourth-order valence-corrected chi connectivity index (χ4v) is 4.06. The number of carbonyl (C=O) groups is 3. The van der Waals surface area contributed by atoms with Crippen molar-refractivity contribution in [2.24, 2.45) is 0 Å². The van der Waals surface area contributed by atoms with Gasteiger partial charge in [-0.1, -0.05) is 47.2 Å². The zero-order valence-corrected chi connectivity index (χ0v) is 19.3. The first-order chi connectivity index (χ1) is 15.8. The van der Waals surface area contributed by atoms with E-state index in [1.54, 1.807) is 38.1 Å². The van der Waals surface area contributed by atoms with E-state index >= 15 is 0 Å². The third kappa shape index (κ3) is 5.05. The Hall–Kier alpha value is -3.68. The summed E-state index contributed by atoms with van der Waals surface area (Å²) in [6.45, 7) is 4.36. The minimum atomic E-state index is -1.29. The van der Waals surface area contributed by atoms with Crippen molar-refractivity contribution in [3.8, 4) is 0 Å². The Kier molecular flexibility index (Phi) is 7.48. The number of hydroxylamine groups is 1. The molecule has 8 heteroatoms. The molecule has 1 aliphatic rings. The van der Waals surface area contributed by atoms with Gasteiger partial charge in [0.2, 0.25) is 5.91 Å². The number of amides is 3. The zero-order chi connectivity index (χ0) is 24.0. The second-order valence-corrected chi connectivity index (χ2v) is 8.36. The van der Waals surface area contributed by atoms with Crippen molar-refractivity contribution in [1.29, 1.82) is 0 Å². The van der Waals surface area contributed by atoms with Gasteiger partial charge in [-0.05, 0) is 43.9 Å². The average molecular weight is 452 g/mol. The second-order valence-electron chi connectivity index (χ2n) is 8.36. The first-order valence-electron chi connectivity index (χ1n) is 11.1. The first kappa shape index (κ1) is 24.0. The molecule has 0 radical (unpaired) electrons. The molecule has 0 bridgehead atoms. The molecule has 1 unspecified atom stereocenters. The van der Waals surface area contributed by atoms with Gasteiger partial charge >= 0.3 is 0 Å². The van der Waals surface area contributed by atoms with E-state index in [0.717, 1.165) is 15.2 Å². The standard InChI is InChI=1S/C25H30N4O4/c1-18(28(33)17-19-11-5-4-6-12-19)27-16-10-9-15-25(2,24(32)26-3)29-22(30)20-13-7-8-14-21(20)23(29)31/h4-8,11-14,33H,9-10,15-17H2,1-3H3,(H,26,32)/p+1. The Morgan fingerprint density at radius 3 is 2.15 bits per heavy atom. The Bertz CT molecular complexity index is 1030. The smallest absolute Gasteiger partial charge is 0.281 e. The van der Waals surface area contributed by atoms with Crippen molar-refractivity contribution in [2.75, 3.05) is 13.6 Å². The van der Waals surface area contributed by atoms with Gasteiger partial charge in [0.1, 0.15) is 5.54 Å². The summed E-state index contributed by atoms with van der Waals surface area (Å²) < 4.78 is 1.16. The molecule has 0 aromatic heterocycles. The van der Waals surface area contributed by atoms with Gasteiger partial charge in [-0.2, -0.15) is 0 Å². The summed E-state index contributed by atoms with van der Waals surface area (Å²) in [7, 11) is 1.50. The molecule has 1 atom stereocenters. The normalized spacial score (nSPS) is 15.5. The van der Waals surface area contributed by atoms with E-state index in [9.17, 15) is 19.6 Å². The van der Waals surface area contributed by atoms with Gasteiger partial charge in [0, 0.05) is 14.0 Å². The molecule has 174 valence electrons. The fraction of sp³-hybridized carbons (Fsp3) is 0.360. The third-order valence-corrected chi connectivity index (χ3v) is 6.04. The molecule has 0 spiro atoms. The van der Waals surface area contributed by atoms with Crippen LogP contribution in [0.5, 0.6) is 0 Å². The lowest BCUT2D eigenvalue weighted by Gasteiger charge is -2.35. The van der Waals surface area contributed by atoms with Crippen LogP contribution in [0, 0.1) is 0 Å². The quantitative estimate of drug-likeness (QED) is 0.103. The topological polar surface area (TPSA) is 102 Å². The number of carbonyl (C=O) groups excluding carboxylic acids is 3. The molecule has 0 aliphatic carbocycles. The van der Waals surface area contributed by atoms with Gasteiger partial charge in [0.05, 0.1) is 17.7 Å². The Balaban J connectivity index is 1.60. The van der Waals surface area contributed by atoms with Gasteiger partial charge in [-0.25, -0.2) is 0 Å². The number of fused-ring (bicyclic) bond motifs is 1. The van der Waals surface area contributed by atoms with E-state index < -0.39 is 17.4 Å². The van der Waals surface area contributed by atoms with Crippen molar-refractivity contribution in [2.45, 2.75) is 45.2 Å². The molecule has 0 saturated heterocycles. The molecule has 0 saturated carbocycles. The number of hydrogen-bond acceptors (Lipinski definition) is 4. The maximum absolute atomic E-state index is 13.0. The molecule has 1 aliphatic heterocycles. The minimum Gasteiger partial charge on any atom is -0.357 e. The van der Waals surface area contributed by atoms with E-state index in [4.69, 9.17) is 0 Å². The van der Waals surface area contributed by atoms with Crippen LogP contribution < -0.4 is 10.6 Å². The van der Waals surface area contributed by atoms with E-state index in [1.165, 1.54) is 7.05 Å². The lowest BCUT2D eigenvalue weighted by Crippen LogP contribution is -2.58.